The van der Waals surface area contributed by atoms with Gasteiger partial charge in [-0.3, -0.25) is 0 Å². The number of hydrogen-bond acceptors (Lipinski definition) is 3. The van der Waals surface area contributed by atoms with Crippen LogP contribution in [0, 0.1) is 6.92 Å². The third kappa shape index (κ3) is 2.86. The molecule has 0 amide bonds. The average molecular weight is 323 g/mol. The zero-order valence-corrected chi connectivity index (χ0v) is 12.1. The first-order valence-corrected chi connectivity index (χ1v) is 6.47. The van der Waals surface area contributed by atoms with Gasteiger partial charge in [-0.25, -0.2) is 4.98 Å². The normalized spacial score (nSPS) is 10.1. The highest BCUT2D eigenvalue weighted by atomic mass is 79.9. The molecular weight excluding hydrogens is 312 g/mol. The van der Waals surface area contributed by atoms with E-state index in [-0.39, 0.29) is 4.99 Å². The van der Waals surface area contributed by atoms with E-state index in [1.54, 1.807) is 18.3 Å². The second kappa shape index (κ2) is 5.46. The van der Waals surface area contributed by atoms with E-state index in [1.165, 1.54) is 0 Å². The molecule has 2 aromatic rings. The van der Waals surface area contributed by atoms with Crippen LogP contribution in [0.15, 0.2) is 41.0 Å². The average Bonchev–Trinajstić information content (AvgIpc) is 2.34. The van der Waals surface area contributed by atoms with E-state index in [4.69, 9.17) is 22.7 Å². The number of ether oxygens (including phenoxy) is 1. The first kappa shape index (κ1) is 13.0. The molecule has 18 heavy (non-hydrogen) atoms. The summed E-state index contributed by atoms with van der Waals surface area (Å²) in [5, 5.41) is 0. The molecule has 0 radical (unpaired) electrons. The highest BCUT2D eigenvalue weighted by Crippen LogP contribution is 2.27. The van der Waals surface area contributed by atoms with Crippen molar-refractivity contribution in [3.05, 3.63) is 52.3 Å². The van der Waals surface area contributed by atoms with Crippen molar-refractivity contribution in [2.75, 3.05) is 0 Å². The van der Waals surface area contributed by atoms with Gasteiger partial charge in [0.15, 0.2) is 5.75 Å². The molecule has 92 valence electrons. The molecule has 0 aliphatic rings. The Hall–Kier alpha value is -1.46. The van der Waals surface area contributed by atoms with Crippen molar-refractivity contribution in [1.29, 1.82) is 0 Å². The summed E-state index contributed by atoms with van der Waals surface area (Å²) >= 11 is 8.38. The maximum absolute atomic E-state index is 5.76. The Balaban J connectivity index is 2.34. The second-order valence-electron chi connectivity index (χ2n) is 3.73. The first-order chi connectivity index (χ1) is 8.58. The molecule has 0 spiro atoms. The topological polar surface area (TPSA) is 48.1 Å². The van der Waals surface area contributed by atoms with Crippen LogP contribution >= 0.6 is 28.1 Å². The molecule has 2 N–H and O–H groups in total. The molecular formula is C13H11BrN2OS. The number of pyridine rings is 1. The Bertz CT molecular complexity index is 601. The Morgan fingerprint density at radius 2 is 2.17 bits per heavy atom. The van der Waals surface area contributed by atoms with Crippen molar-refractivity contribution in [3.63, 3.8) is 0 Å². The number of aromatic nitrogens is 1. The van der Waals surface area contributed by atoms with E-state index in [0.717, 1.165) is 15.8 Å². The minimum atomic E-state index is 0.222. The molecule has 0 unspecified atom stereocenters. The molecule has 0 atom stereocenters. The van der Waals surface area contributed by atoms with Crippen molar-refractivity contribution in [2.45, 2.75) is 6.92 Å². The Morgan fingerprint density at radius 1 is 1.39 bits per heavy atom. The van der Waals surface area contributed by atoms with Crippen LogP contribution < -0.4 is 10.5 Å². The van der Waals surface area contributed by atoms with Gasteiger partial charge in [-0.2, -0.15) is 0 Å². The molecule has 1 aromatic carbocycles. The fraction of sp³-hybridized carbons (Fsp3) is 0.0769. The smallest absolute Gasteiger partial charge is 0.156 e. The van der Waals surface area contributed by atoms with Gasteiger partial charge in [-0.15, -0.1) is 0 Å². The van der Waals surface area contributed by atoms with Gasteiger partial charge in [0.2, 0.25) is 0 Å². The zero-order valence-electron chi connectivity index (χ0n) is 9.68. The van der Waals surface area contributed by atoms with Gasteiger partial charge < -0.3 is 10.5 Å². The largest absolute Gasteiger partial charge is 0.455 e. The number of thiocarbonyl (C=S) groups is 1. The predicted octanol–water partition coefficient (Wildman–Crippen LogP) is 3.58. The first-order valence-electron chi connectivity index (χ1n) is 5.27. The lowest BCUT2D eigenvalue weighted by molar-refractivity contribution is 0.478. The highest BCUT2D eigenvalue weighted by Gasteiger charge is 2.08. The van der Waals surface area contributed by atoms with Gasteiger partial charge in [-0.05, 0) is 42.8 Å². The predicted molar refractivity (Wildman–Crippen MR) is 79.1 cm³/mol. The number of rotatable bonds is 3. The molecule has 1 aromatic heterocycles. The molecule has 0 aliphatic heterocycles. The molecule has 0 aliphatic carbocycles. The number of hydrogen-bond donors (Lipinski definition) is 1. The summed E-state index contributed by atoms with van der Waals surface area (Å²) in [6.45, 7) is 1.99. The number of halogens is 1. The summed E-state index contributed by atoms with van der Waals surface area (Å²) in [6, 6.07) is 9.30. The maximum atomic E-state index is 5.76. The minimum absolute atomic E-state index is 0.222. The van der Waals surface area contributed by atoms with Crippen molar-refractivity contribution < 1.29 is 4.74 Å². The SMILES string of the molecule is Cc1cc(Oc2cccnc2C(N)=S)ccc1Br. The van der Waals surface area contributed by atoms with Crippen LogP contribution in [0.4, 0.5) is 0 Å². The summed E-state index contributed by atoms with van der Waals surface area (Å²) in [5.74, 6) is 1.29. The van der Waals surface area contributed by atoms with E-state index in [0.29, 0.717) is 11.4 Å². The third-order valence-electron chi connectivity index (χ3n) is 2.36. The Labute approximate surface area is 119 Å². The molecule has 2 rings (SSSR count). The van der Waals surface area contributed by atoms with Gasteiger partial charge in [0.25, 0.3) is 0 Å². The quantitative estimate of drug-likeness (QED) is 0.877. The van der Waals surface area contributed by atoms with Gasteiger partial charge in [0.05, 0.1) is 0 Å². The maximum Gasteiger partial charge on any atom is 0.156 e. The summed E-state index contributed by atoms with van der Waals surface area (Å²) < 4.78 is 6.79. The van der Waals surface area contributed by atoms with E-state index >= 15 is 0 Å². The second-order valence-corrected chi connectivity index (χ2v) is 5.02. The molecule has 0 saturated carbocycles. The Morgan fingerprint density at radius 3 is 2.83 bits per heavy atom. The number of aryl methyl sites for hydroxylation is 1. The van der Waals surface area contributed by atoms with Crippen molar-refractivity contribution in [3.8, 4) is 11.5 Å². The molecule has 0 bridgehead atoms. The lowest BCUT2D eigenvalue weighted by Crippen LogP contribution is -2.12. The summed E-state index contributed by atoms with van der Waals surface area (Å²) in [6.07, 6.45) is 1.63. The van der Waals surface area contributed by atoms with E-state index in [1.807, 2.05) is 25.1 Å². The molecule has 1 heterocycles. The highest BCUT2D eigenvalue weighted by molar-refractivity contribution is 9.10. The van der Waals surface area contributed by atoms with E-state index < -0.39 is 0 Å². The van der Waals surface area contributed by atoms with Crippen LogP contribution in [0.25, 0.3) is 0 Å². The molecule has 3 nitrogen and oxygen atoms in total. The minimum Gasteiger partial charge on any atom is -0.455 e. The van der Waals surface area contributed by atoms with E-state index in [9.17, 15) is 0 Å². The monoisotopic (exact) mass is 322 g/mol. The van der Waals surface area contributed by atoms with Crippen LogP contribution in [-0.4, -0.2) is 9.97 Å². The lowest BCUT2D eigenvalue weighted by Gasteiger charge is -2.10. The van der Waals surface area contributed by atoms with Crippen LogP contribution in [0.2, 0.25) is 0 Å². The fourth-order valence-electron chi connectivity index (χ4n) is 1.47. The van der Waals surface area contributed by atoms with Gasteiger partial charge in [-0.1, -0.05) is 28.1 Å². The standard InChI is InChI=1S/C13H11BrN2OS/c1-8-7-9(4-5-10(8)14)17-11-3-2-6-16-12(11)13(15)18/h2-7H,1H3,(H2,15,18). The van der Waals surface area contributed by atoms with Gasteiger partial charge in [0, 0.05) is 10.7 Å². The zero-order chi connectivity index (χ0) is 13.1. The van der Waals surface area contributed by atoms with Gasteiger partial charge >= 0.3 is 0 Å². The third-order valence-corrected chi connectivity index (χ3v) is 3.44. The fourth-order valence-corrected chi connectivity index (χ4v) is 1.87. The number of nitrogens with two attached hydrogens (primary N) is 1. The molecule has 0 fully saturated rings. The Kier molecular flexibility index (Phi) is 3.93. The van der Waals surface area contributed by atoms with Crippen LogP contribution in [0.5, 0.6) is 11.5 Å². The van der Waals surface area contributed by atoms with Crippen molar-refractivity contribution in [1.82, 2.24) is 4.98 Å². The summed E-state index contributed by atoms with van der Waals surface area (Å²) in [4.78, 5) is 4.34. The van der Waals surface area contributed by atoms with Crippen LogP contribution in [0.1, 0.15) is 11.3 Å². The van der Waals surface area contributed by atoms with Gasteiger partial charge in [0.1, 0.15) is 16.4 Å². The summed E-state index contributed by atoms with van der Waals surface area (Å²) in [5.41, 5.74) is 7.19. The van der Waals surface area contributed by atoms with E-state index in [2.05, 4.69) is 20.9 Å². The number of nitrogens with zero attached hydrogens (tertiary/aromatic N) is 1. The molecule has 0 saturated heterocycles. The summed E-state index contributed by atoms with van der Waals surface area (Å²) in [7, 11) is 0. The lowest BCUT2D eigenvalue weighted by atomic mass is 10.2. The van der Waals surface area contributed by atoms with Crippen molar-refractivity contribution >= 4 is 33.1 Å². The van der Waals surface area contributed by atoms with Crippen LogP contribution in [-0.2, 0) is 0 Å². The van der Waals surface area contributed by atoms with Crippen molar-refractivity contribution in [2.24, 2.45) is 5.73 Å². The number of benzene rings is 1. The molecule has 5 heteroatoms. The van der Waals surface area contributed by atoms with Crippen LogP contribution in [0.3, 0.4) is 0 Å².